The summed E-state index contributed by atoms with van der Waals surface area (Å²) in [6.45, 7) is 8.47. The van der Waals surface area contributed by atoms with Gasteiger partial charge in [0, 0.05) is 0 Å². The second-order valence-corrected chi connectivity index (χ2v) is 5.25. The Morgan fingerprint density at radius 1 is 0.938 bits per heavy atom. The van der Waals surface area contributed by atoms with E-state index >= 15 is 0 Å². The molecule has 0 spiro atoms. The lowest BCUT2D eigenvalue weighted by atomic mass is 10.1. The zero-order chi connectivity index (χ0) is 11.6. The number of quaternary nitrogens is 1. The fourth-order valence-corrected chi connectivity index (χ4v) is 1.94. The van der Waals surface area contributed by atoms with Crippen molar-refractivity contribution in [2.24, 2.45) is 0 Å². The number of unbranched alkanes of at least 4 members (excludes halogenated alkanes) is 6. The molecule has 16 heavy (non-hydrogen) atoms. The fourth-order valence-electron chi connectivity index (χ4n) is 1.94. The monoisotopic (exact) mass is 247 g/mol. The van der Waals surface area contributed by atoms with Crippen LogP contribution in [0.3, 0.4) is 0 Å². The minimum Gasteiger partial charge on any atom is -1.00 e. The van der Waals surface area contributed by atoms with Gasteiger partial charge in [-0.3, -0.25) is 0 Å². The molecule has 0 aliphatic heterocycles. The summed E-state index contributed by atoms with van der Waals surface area (Å²) < 4.78 is 1.10. The van der Waals surface area contributed by atoms with Gasteiger partial charge in [-0.2, -0.15) is 0 Å². The average Bonchev–Trinajstić information content (AvgIpc) is 2.16. The Hall–Kier alpha value is -0.0100. The molecule has 2 heteroatoms. The van der Waals surface area contributed by atoms with E-state index in [9.17, 15) is 0 Å². The first-order valence-corrected chi connectivity index (χ1v) is 6.55. The summed E-state index contributed by atoms with van der Waals surface area (Å²) >= 11 is 0. The molecule has 0 aliphatic carbocycles. The highest BCUT2D eigenvalue weighted by atomic mass is 35.5. The average molecular weight is 248 g/mol. The third-order valence-corrected chi connectivity index (χ3v) is 2.99. The molecule has 1 nitrogen and oxygen atoms in total. The van der Waals surface area contributed by atoms with Crippen molar-refractivity contribution in [3.8, 4) is 0 Å². The normalized spacial score (nSPS) is 10.9. The molecule has 0 bridgehead atoms. The lowest BCUT2D eigenvalue weighted by Gasteiger charge is -2.28. The summed E-state index contributed by atoms with van der Waals surface area (Å²) in [5, 5.41) is 0. The van der Waals surface area contributed by atoms with Gasteiger partial charge >= 0.3 is 0 Å². The number of likely N-dealkylation sites (N-methyl/N-ethyl adjacent to an activating group) is 1. The van der Waals surface area contributed by atoms with E-state index in [2.05, 4.69) is 27.6 Å². The Balaban J connectivity index is 0. The van der Waals surface area contributed by atoms with E-state index in [0.29, 0.717) is 0 Å². The molecule has 0 aliphatic rings. The fraction of sp³-hybridized carbons (Fsp3) is 0.857. The van der Waals surface area contributed by atoms with Crippen LogP contribution < -0.4 is 12.4 Å². The van der Waals surface area contributed by atoms with Crippen LogP contribution in [-0.2, 0) is 0 Å². The van der Waals surface area contributed by atoms with Crippen molar-refractivity contribution in [2.45, 2.75) is 51.9 Å². The highest BCUT2D eigenvalue weighted by molar-refractivity contribution is 4.64. The molecule has 0 unspecified atom stereocenters. The van der Waals surface area contributed by atoms with E-state index in [1.54, 1.807) is 0 Å². The van der Waals surface area contributed by atoms with Crippen LogP contribution in [0.1, 0.15) is 51.9 Å². The predicted octanol–water partition coefficient (Wildman–Crippen LogP) is 1.00. The van der Waals surface area contributed by atoms with Crippen molar-refractivity contribution in [3.63, 3.8) is 0 Å². The summed E-state index contributed by atoms with van der Waals surface area (Å²) in [6, 6.07) is 0. The number of hydrogen-bond donors (Lipinski definition) is 0. The maximum absolute atomic E-state index is 3.81. The maximum atomic E-state index is 3.81. The van der Waals surface area contributed by atoms with Crippen LogP contribution >= 0.6 is 0 Å². The lowest BCUT2D eigenvalue weighted by Crippen LogP contribution is -3.00. The Bertz CT molecular complexity index is 155. The van der Waals surface area contributed by atoms with Crippen LogP contribution in [0.5, 0.6) is 0 Å². The molecule has 0 aromatic rings. The molecule has 0 amide bonds. The molecule has 0 fully saturated rings. The summed E-state index contributed by atoms with van der Waals surface area (Å²) in [5.41, 5.74) is 0. The molecule has 0 saturated heterocycles. The van der Waals surface area contributed by atoms with Crippen molar-refractivity contribution in [1.82, 2.24) is 0 Å². The SMILES string of the molecule is C=CC[N+](C)(C)CCCCCCCCC.[Cl-]. The van der Waals surface area contributed by atoms with Crippen LogP contribution in [-0.4, -0.2) is 31.7 Å². The maximum Gasteiger partial charge on any atom is 0.0966 e. The largest absolute Gasteiger partial charge is 1.00 e. The number of hydrogen-bond acceptors (Lipinski definition) is 0. The number of nitrogens with zero attached hydrogens (tertiary/aromatic N) is 1. The molecule has 0 aromatic carbocycles. The van der Waals surface area contributed by atoms with E-state index in [4.69, 9.17) is 0 Å². The second kappa shape index (κ2) is 11.5. The molecule has 0 rings (SSSR count). The molecule has 98 valence electrons. The third kappa shape index (κ3) is 12.1. The van der Waals surface area contributed by atoms with Gasteiger partial charge in [0.25, 0.3) is 0 Å². The van der Waals surface area contributed by atoms with Crippen LogP contribution in [0.2, 0.25) is 0 Å². The van der Waals surface area contributed by atoms with Crippen molar-refractivity contribution in [3.05, 3.63) is 12.7 Å². The highest BCUT2D eigenvalue weighted by Gasteiger charge is 2.10. The Labute approximate surface area is 109 Å². The first-order chi connectivity index (χ1) is 7.12. The Kier molecular flexibility index (Phi) is 13.2. The predicted molar refractivity (Wildman–Crippen MR) is 70.0 cm³/mol. The van der Waals surface area contributed by atoms with Crippen molar-refractivity contribution in [1.29, 1.82) is 0 Å². The zero-order valence-electron chi connectivity index (χ0n) is 11.5. The Morgan fingerprint density at radius 2 is 1.44 bits per heavy atom. The van der Waals surface area contributed by atoms with Gasteiger partial charge < -0.3 is 16.9 Å². The molecule has 0 saturated carbocycles. The van der Waals surface area contributed by atoms with E-state index in [-0.39, 0.29) is 12.4 Å². The van der Waals surface area contributed by atoms with Gasteiger partial charge in [0.1, 0.15) is 0 Å². The standard InChI is InChI=1S/C14H30N.ClH/c1-5-7-8-9-10-11-12-14-15(3,4)13-6-2;/h6H,2,5,7-14H2,1,3-4H3;1H/q+1;/p-1. The topological polar surface area (TPSA) is 0 Å². The van der Waals surface area contributed by atoms with Crippen molar-refractivity contribution >= 4 is 0 Å². The summed E-state index contributed by atoms with van der Waals surface area (Å²) in [7, 11) is 4.58. The molecular formula is C14H30ClN. The minimum absolute atomic E-state index is 0. The lowest BCUT2D eigenvalue weighted by molar-refractivity contribution is -0.884. The van der Waals surface area contributed by atoms with Crippen molar-refractivity contribution in [2.75, 3.05) is 27.2 Å². The van der Waals surface area contributed by atoms with Gasteiger partial charge in [0.05, 0.1) is 27.2 Å². The van der Waals surface area contributed by atoms with Gasteiger partial charge in [0.2, 0.25) is 0 Å². The Morgan fingerprint density at radius 3 is 1.94 bits per heavy atom. The summed E-state index contributed by atoms with van der Waals surface area (Å²) in [5.74, 6) is 0. The molecule has 0 radical (unpaired) electrons. The van der Waals surface area contributed by atoms with Gasteiger partial charge in [-0.1, -0.05) is 45.6 Å². The van der Waals surface area contributed by atoms with Crippen LogP contribution in [0.25, 0.3) is 0 Å². The highest BCUT2D eigenvalue weighted by Crippen LogP contribution is 2.09. The first kappa shape index (κ1) is 18.4. The van der Waals surface area contributed by atoms with Crippen LogP contribution in [0, 0.1) is 0 Å². The van der Waals surface area contributed by atoms with Crippen LogP contribution in [0.4, 0.5) is 0 Å². The van der Waals surface area contributed by atoms with Gasteiger partial charge in [-0.05, 0) is 18.9 Å². The molecular weight excluding hydrogens is 218 g/mol. The van der Waals surface area contributed by atoms with Gasteiger partial charge in [-0.25, -0.2) is 0 Å². The van der Waals surface area contributed by atoms with E-state index < -0.39 is 0 Å². The number of halogens is 1. The van der Waals surface area contributed by atoms with E-state index in [1.165, 1.54) is 51.5 Å². The first-order valence-electron chi connectivity index (χ1n) is 6.55. The van der Waals surface area contributed by atoms with Gasteiger partial charge in [0.15, 0.2) is 0 Å². The van der Waals surface area contributed by atoms with E-state index in [1.807, 2.05) is 6.08 Å². The molecule has 0 N–H and O–H groups in total. The van der Waals surface area contributed by atoms with Crippen LogP contribution in [0.15, 0.2) is 12.7 Å². The summed E-state index contributed by atoms with van der Waals surface area (Å²) in [6.07, 6.45) is 11.9. The zero-order valence-corrected chi connectivity index (χ0v) is 12.2. The smallest absolute Gasteiger partial charge is 0.0966 e. The molecule has 0 atom stereocenters. The van der Waals surface area contributed by atoms with Crippen molar-refractivity contribution < 1.29 is 16.9 Å². The number of rotatable bonds is 10. The van der Waals surface area contributed by atoms with Gasteiger partial charge in [-0.15, -0.1) is 0 Å². The molecule has 0 aromatic heterocycles. The minimum atomic E-state index is 0. The second-order valence-electron chi connectivity index (χ2n) is 5.25. The quantitative estimate of drug-likeness (QED) is 0.307. The third-order valence-electron chi connectivity index (χ3n) is 2.99. The molecule has 0 heterocycles. The summed E-state index contributed by atoms with van der Waals surface area (Å²) in [4.78, 5) is 0. The van der Waals surface area contributed by atoms with E-state index in [0.717, 1.165) is 11.0 Å².